The smallest absolute Gasteiger partial charge is 0.128 e. The Hall–Kier alpha value is -1.89. The molecule has 1 aromatic carbocycles. The summed E-state index contributed by atoms with van der Waals surface area (Å²) < 4.78 is 23.5. The molecule has 0 saturated carbocycles. The third-order valence-corrected chi connectivity index (χ3v) is 6.62. The molecule has 2 heterocycles. The summed E-state index contributed by atoms with van der Waals surface area (Å²) >= 11 is 1.69. The van der Waals surface area contributed by atoms with Crippen LogP contribution < -0.4 is 9.62 Å². The maximum Gasteiger partial charge on any atom is 0.128 e. The van der Waals surface area contributed by atoms with E-state index in [0.29, 0.717) is 12.0 Å². The molecule has 4 rings (SSSR count). The first kappa shape index (κ1) is 21.3. The van der Waals surface area contributed by atoms with Crippen LogP contribution in [0.1, 0.15) is 31.2 Å². The number of pyridine rings is 1. The highest BCUT2D eigenvalue weighted by Crippen LogP contribution is 2.30. The van der Waals surface area contributed by atoms with Crippen LogP contribution >= 0.6 is 11.9 Å². The summed E-state index contributed by atoms with van der Waals surface area (Å²) in [6, 6.07) is 13.4. The third-order valence-electron chi connectivity index (χ3n) is 6.08. The number of aromatic nitrogens is 1. The van der Waals surface area contributed by atoms with Crippen molar-refractivity contribution >= 4 is 23.3 Å². The van der Waals surface area contributed by atoms with Crippen LogP contribution in [0.4, 0.5) is 10.2 Å². The number of benzene rings is 1. The van der Waals surface area contributed by atoms with Gasteiger partial charge in [0.05, 0.1) is 12.7 Å². The van der Waals surface area contributed by atoms with Crippen molar-refractivity contribution in [1.29, 1.82) is 0 Å². The summed E-state index contributed by atoms with van der Waals surface area (Å²) in [5, 5.41) is 0. The van der Waals surface area contributed by atoms with Gasteiger partial charge in [0.15, 0.2) is 0 Å². The minimum Gasteiger partial charge on any atom is -0.377 e. The van der Waals surface area contributed by atoms with E-state index in [1.807, 2.05) is 24.4 Å². The molecule has 3 atom stereocenters. The van der Waals surface area contributed by atoms with E-state index in [9.17, 15) is 4.39 Å². The first-order chi connectivity index (χ1) is 14.7. The molecule has 0 spiro atoms. The summed E-state index contributed by atoms with van der Waals surface area (Å²) in [7, 11) is 0. The van der Waals surface area contributed by atoms with Crippen LogP contribution in [0, 0.1) is 11.7 Å². The molecule has 2 unspecified atom stereocenters. The maximum atomic E-state index is 13.5. The Balaban J connectivity index is 1.34. The van der Waals surface area contributed by atoms with Crippen LogP contribution in [-0.4, -0.2) is 43.1 Å². The van der Waals surface area contributed by atoms with E-state index in [1.165, 1.54) is 11.6 Å². The van der Waals surface area contributed by atoms with E-state index in [1.54, 1.807) is 24.1 Å². The molecule has 1 N–H and O–H groups in total. The fourth-order valence-corrected chi connectivity index (χ4v) is 5.04. The van der Waals surface area contributed by atoms with Crippen LogP contribution in [0.5, 0.6) is 0 Å². The number of rotatable bonds is 7. The molecule has 2 aliphatic rings. The van der Waals surface area contributed by atoms with Crippen molar-refractivity contribution in [3.8, 4) is 0 Å². The SMILES string of the molecule is CSNC1CCN(c2ccccn2)C[C@H]1COC1CC=C(c2cccc(F)c2)CC1. The van der Waals surface area contributed by atoms with Gasteiger partial charge in [-0.05, 0) is 67.3 Å². The van der Waals surface area contributed by atoms with Crippen molar-refractivity contribution in [2.24, 2.45) is 5.92 Å². The van der Waals surface area contributed by atoms with E-state index < -0.39 is 0 Å². The second-order valence-corrected chi connectivity index (χ2v) is 8.72. The summed E-state index contributed by atoms with van der Waals surface area (Å²) in [4.78, 5) is 6.90. The second kappa shape index (κ2) is 10.4. The summed E-state index contributed by atoms with van der Waals surface area (Å²) in [5.41, 5.74) is 2.23. The molecule has 30 heavy (non-hydrogen) atoms. The van der Waals surface area contributed by atoms with Gasteiger partial charge in [0.2, 0.25) is 0 Å². The van der Waals surface area contributed by atoms with Gasteiger partial charge in [0.25, 0.3) is 0 Å². The lowest BCUT2D eigenvalue weighted by Gasteiger charge is -2.39. The van der Waals surface area contributed by atoms with Crippen molar-refractivity contribution in [2.75, 3.05) is 30.9 Å². The maximum absolute atomic E-state index is 13.5. The van der Waals surface area contributed by atoms with Gasteiger partial charge in [-0.15, -0.1) is 0 Å². The zero-order valence-corrected chi connectivity index (χ0v) is 18.3. The summed E-state index contributed by atoms with van der Waals surface area (Å²) in [6.07, 6.45) is 10.3. The van der Waals surface area contributed by atoms with E-state index in [-0.39, 0.29) is 11.9 Å². The third kappa shape index (κ3) is 5.42. The normalized spacial score (nSPS) is 24.5. The molecule has 1 saturated heterocycles. The van der Waals surface area contributed by atoms with E-state index in [0.717, 1.165) is 56.8 Å². The molecule has 6 heteroatoms. The Kier molecular flexibility index (Phi) is 7.42. The van der Waals surface area contributed by atoms with Crippen LogP contribution in [0.15, 0.2) is 54.7 Å². The molecule has 4 nitrogen and oxygen atoms in total. The number of ether oxygens (including phenoxy) is 1. The highest BCUT2D eigenvalue weighted by atomic mass is 32.2. The predicted octanol–water partition coefficient (Wildman–Crippen LogP) is 4.94. The van der Waals surface area contributed by atoms with Crippen molar-refractivity contribution < 1.29 is 9.13 Å². The minimum absolute atomic E-state index is 0.172. The highest BCUT2D eigenvalue weighted by Gasteiger charge is 2.30. The summed E-state index contributed by atoms with van der Waals surface area (Å²) in [6.45, 7) is 2.70. The number of nitrogens with zero attached hydrogens (tertiary/aromatic N) is 2. The Morgan fingerprint density at radius 2 is 2.17 bits per heavy atom. The van der Waals surface area contributed by atoms with Crippen molar-refractivity contribution in [3.63, 3.8) is 0 Å². The number of hydrogen-bond donors (Lipinski definition) is 1. The fourth-order valence-electron chi connectivity index (χ4n) is 4.43. The molecular formula is C24H30FN3OS. The average molecular weight is 428 g/mol. The zero-order chi connectivity index (χ0) is 20.8. The lowest BCUT2D eigenvalue weighted by Crippen LogP contribution is -2.50. The molecule has 1 aliphatic carbocycles. The van der Waals surface area contributed by atoms with Gasteiger partial charge in [-0.3, -0.25) is 4.72 Å². The van der Waals surface area contributed by atoms with Crippen LogP contribution in [0.3, 0.4) is 0 Å². The molecular weight excluding hydrogens is 397 g/mol. The van der Waals surface area contributed by atoms with Gasteiger partial charge >= 0.3 is 0 Å². The average Bonchev–Trinajstić information content (AvgIpc) is 2.79. The van der Waals surface area contributed by atoms with Crippen LogP contribution in [0.25, 0.3) is 5.57 Å². The Morgan fingerprint density at radius 1 is 1.23 bits per heavy atom. The van der Waals surface area contributed by atoms with Gasteiger partial charge in [0, 0.05) is 31.2 Å². The topological polar surface area (TPSA) is 37.4 Å². The Bertz CT molecular complexity index is 847. The quantitative estimate of drug-likeness (QED) is 0.634. The molecule has 2 aromatic rings. The van der Waals surface area contributed by atoms with Crippen molar-refractivity contribution in [2.45, 2.75) is 37.8 Å². The standard InChI is InChI=1S/C24H30FN3OS/c1-30-27-23-12-14-28(24-7-2-3-13-26-24)16-20(23)17-29-22-10-8-18(9-11-22)19-5-4-6-21(25)15-19/h2-8,13,15,20,22-23,27H,9-12,14,16-17H2,1H3/t20-,22?,23?/m0/s1. The molecule has 1 aromatic heterocycles. The van der Waals surface area contributed by atoms with Crippen LogP contribution in [-0.2, 0) is 4.74 Å². The first-order valence-electron chi connectivity index (χ1n) is 10.7. The van der Waals surface area contributed by atoms with E-state index in [2.05, 4.69) is 33.0 Å². The van der Waals surface area contributed by atoms with Crippen molar-refractivity contribution in [1.82, 2.24) is 9.71 Å². The van der Waals surface area contributed by atoms with Crippen LogP contribution in [0.2, 0.25) is 0 Å². The number of hydrogen-bond acceptors (Lipinski definition) is 5. The molecule has 0 amide bonds. The number of nitrogens with one attached hydrogen (secondary N) is 1. The largest absolute Gasteiger partial charge is 0.377 e. The Morgan fingerprint density at radius 3 is 2.90 bits per heavy atom. The second-order valence-electron chi connectivity index (χ2n) is 8.08. The summed E-state index contributed by atoms with van der Waals surface area (Å²) in [5.74, 6) is 1.29. The Labute approximate surface area is 183 Å². The highest BCUT2D eigenvalue weighted by molar-refractivity contribution is 7.96. The molecule has 0 radical (unpaired) electrons. The number of allylic oxidation sites excluding steroid dienone is 1. The number of halogens is 1. The molecule has 1 aliphatic heterocycles. The van der Waals surface area contributed by atoms with E-state index in [4.69, 9.17) is 4.74 Å². The first-order valence-corrected chi connectivity index (χ1v) is 12.0. The van der Waals surface area contributed by atoms with Gasteiger partial charge in [0.1, 0.15) is 11.6 Å². The monoisotopic (exact) mass is 427 g/mol. The van der Waals surface area contributed by atoms with Gasteiger partial charge in [-0.1, -0.05) is 36.2 Å². The fraction of sp³-hybridized carbons (Fsp3) is 0.458. The van der Waals surface area contributed by atoms with Crippen molar-refractivity contribution in [3.05, 3.63) is 66.1 Å². The molecule has 0 bridgehead atoms. The van der Waals surface area contributed by atoms with Gasteiger partial charge in [-0.2, -0.15) is 0 Å². The minimum atomic E-state index is -0.172. The van der Waals surface area contributed by atoms with Gasteiger partial charge < -0.3 is 9.64 Å². The lowest BCUT2D eigenvalue weighted by atomic mass is 9.91. The lowest BCUT2D eigenvalue weighted by molar-refractivity contribution is 0.0166. The predicted molar refractivity (Wildman–Crippen MR) is 123 cm³/mol. The van der Waals surface area contributed by atoms with Gasteiger partial charge in [-0.25, -0.2) is 9.37 Å². The molecule has 1 fully saturated rings. The molecule has 160 valence electrons. The number of piperidine rings is 1. The number of anilines is 1. The zero-order valence-electron chi connectivity index (χ0n) is 17.5. The van der Waals surface area contributed by atoms with E-state index >= 15 is 0 Å².